The molecule has 21 heavy (non-hydrogen) atoms. The van der Waals surface area contributed by atoms with E-state index in [1.807, 2.05) is 0 Å². The van der Waals surface area contributed by atoms with Crippen LogP contribution in [0.15, 0.2) is 12.7 Å². The van der Waals surface area contributed by atoms with Crippen LogP contribution in [0.2, 0.25) is 0 Å². The molecule has 122 valence electrons. The number of aliphatic carboxylic acids is 1. The summed E-state index contributed by atoms with van der Waals surface area (Å²) in [6.07, 6.45) is -0.822. The van der Waals surface area contributed by atoms with Gasteiger partial charge in [0.05, 0.1) is 0 Å². The number of carboxylic acids is 1. The van der Waals surface area contributed by atoms with Crippen LogP contribution in [0.3, 0.4) is 0 Å². The van der Waals surface area contributed by atoms with Gasteiger partial charge in [0.15, 0.2) is 0 Å². The SMILES string of the molecule is C=CCCC(F)(F)CC[C@@H](NC(=O)OC(C)(C)C)C(=O)O. The summed E-state index contributed by atoms with van der Waals surface area (Å²) in [5, 5.41) is 11.0. The number of ether oxygens (including phenoxy) is 1. The van der Waals surface area contributed by atoms with Gasteiger partial charge in [0.25, 0.3) is 0 Å². The molecule has 0 radical (unpaired) electrons. The summed E-state index contributed by atoms with van der Waals surface area (Å²) in [6, 6.07) is -1.41. The van der Waals surface area contributed by atoms with Crippen LogP contribution in [-0.2, 0) is 9.53 Å². The Hall–Kier alpha value is -1.66. The van der Waals surface area contributed by atoms with E-state index in [-0.39, 0.29) is 12.8 Å². The summed E-state index contributed by atoms with van der Waals surface area (Å²) in [4.78, 5) is 22.5. The molecular formula is C14H23F2NO4. The molecule has 0 aliphatic heterocycles. The highest BCUT2D eigenvalue weighted by atomic mass is 19.3. The van der Waals surface area contributed by atoms with E-state index in [0.717, 1.165) is 0 Å². The van der Waals surface area contributed by atoms with Gasteiger partial charge in [0, 0.05) is 12.8 Å². The Bertz CT molecular complexity index is 378. The molecule has 0 aromatic rings. The highest BCUT2D eigenvalue weighted by Gasteiger charge is 2.32. The maximum atomic E-state index is 13.5. The largest absolute Gasteiger partial charge is 0.480 e. The zero-order valence-corrected chi connectivity index (χ0v) is 12.6. The molecular weight excluding hydrogens is 284 g/mol. The summed E-state index contributed by atoms with van der Waals surface area (Å²) in [7, 11) is 0. The molecule has 0 saturated heterocycles. The van der Waals surface area contributed by atoms with Crippen LogP contribution in [-0.4, -0.2) is 34.7 Å². The van der Waals surface area contributed by atoms with E-state index in [1.165, 1.54) is 6.08 Å². The zero-order chi connectivity index (χ0) is 16.7. The van der Waals surface area contributed by atoms with Crippen molar-refractivity contribution < 1.29 is 28.2 Å². The second kappa shape index (κ2) is 7.95. The molecule has 5 nitrogen and oxygen atoms in total. The fraction of sp³-hybridized carbons (Fsp3) is 0.714. The number of carbonyl (C=O) groups is 2. The van der Waals surface area contributed by atoms with Gasteiger partial charge in [-0.2, -0.15) is 0 Å². The second-order valence-electron chi connectivity index (χ2n) is 5.76. The number of hydrogen-bond donors (Lipinski definition) is 2. The van der Waals surface area contributed by atoms with Crippen molar-refractivity contribution in [2.24, 2.45) is 0 Å². The van der Waals surface area contributed by atoms with Crippen LogP contribution in [0, 0.1) is 0 Å². The number of amides is 1. The van der Waals surface area contributed by atoms with Crippen LogP contribution in [0.1, 0.15) is 46.5 Å². The first-order chi connectivity index (χ1) is 9.47. The van der Waals surface area contributed by atoms with Crippen molar-refractivity contribution in [2.45, 2.75) is 64.0 Å². The molecule has 7 heteroatoms. The average molecular weight is 307 g/mol. The predicted octanol–water partition coefficient (Wildman–Crippen LogP) is 3.35. The Kier molecular flexibility index (Phi) is 7.32. The van der Waals surface area contributed by atoms with Crippen LogP contribution in [0.4, 0.5) is 13.6 Å². The molecule has 0 saturated carbocycles. The Balaban J connectivity index is 4.47. The zero-order valence-electron chi connectivity index (χ0n) is 12.6. The first-order valence-corrected chi connectivity index (χ1v) is 6.68. The lowest BCUT2D eigenvalue weighted by molar-refractivity contribution is -0.140. The van der Waals surface area contributed by atoms with Crippen molar-refractivity contribution in [3.05, 3.63) is 12.7 Å². The molecule has 1 atom stereocenters. The van der Waals surface area contributed by atoms with E-state index in [1.54, 1.807) is 20.8 Å². The minimum absolute atomic E-state index is 0.143. The summed E-state index contributed by atoms with van der Waals surface area (Å²) < 4.78 is 31.8. The molecule has 0 fully saturated rings. The quantitative estimate of drug-likeness (QED) is 0.674. The van der Waals surface area contributed by atoms with Crippen molar-refractivity contribution in [1.82, 2.24) is 5.32 Å². The minimum Gasteiger partial charge on any atom is -0.480 e. The highest BCUT2D eigenvalue weighted by molar-refractivity contribution is 5.79. The number of nitrogens with one attached hydrogen (secondary N) is 1. The number of allylic oxidation sites excluding steroid dienone is 1. The fourth-order valence-electron chi connectivity index (χ4n) is 1.50. The number of rotatable bonds is 8. The monoisotopic (exact) mass is 307 g/mol. The van der Waals surface area contributed by atoms with Gasteiger partial charge in [-0.1, -0.05) is 6.08 Å². The summed E-state index contributed by atoms with van der Waals surface area (Å²) in [5.41, 5.74) is -0.791. The Morgan fingerprint density at radius 3 is 2.33 bits per heavy atom. The lowest BCUT2D eigenvalue weighted by atomic mass is 10.0. The molecule has 0 aromatic heterocycles. The number of alkyl halides is 2. The van der Waals surface area contributed by atoms with E-state index < -0.39 is 42.5 Å². The van der Waals surface area contributed by atoms with Crippen molar-refractivity contribution in [2.75, 3.05) is 0 Å². The highest BCUT2D eigenvalue weighted by Crippen LogP contribution is 2.27. The number of alkyl carbamates (subject to hydrolysis) is 1. The van der Waals surface area contributed by atoms with Crippen molar-refractivity contribution in [3.63, 3.8) is 0 Å². The van der Waals surface area contributed by atoms with Gasteiger partial charge in [-0.05, 0) is 33.6 Å². The molecule has 0 rings (SSSR count). The number of halogens is 2. The first-order valence-electron chi connectivity index (χ1n) is 6.68. The number of carbonyl (C=O) groups excluding carboxylic acids is 1. The third-order valence-corrected chi connectivity index (χ3v) is 2.50. The van der Waals surface area contributed by atoms with Gasteiger partial charge >= 0.3 is 12.1 Å². The molecule has 0 heterocycles. The van der Waals surface area contributed by atoms with Crippen LogP contribution >= 0.6 is 0 Å². The standard InChI is InChI=1S/C14H23F2NO4/c1-5-6-8-14(15,16)9-7-10(11(18)19)17-12(20)21-13(2,3)4/h5,10H,1,6-9H2,2-4H3,(H,17,20)(H,18,19)/t10-/m1/s1. The van der Waals surface area contributed by atoms with E-state index in [9.17, 15) is 18.4 Å². The van der Waals surface area contributed by atoms with Gasteiger partial charge < -0.3 is 15.2 Å². The molecule has 1 amide bonds. The van der Waals surface area contributed by atoms with Crippen molar-refractivity contribution in [3.8, 4) is 0 Å². The second-order valence-corrected chi connectivity index (χ2v) is 5.76. The van der Waals surface area contributed by atoms with E-state index in [0.29, 0.717) is 0 Å². The third kappa shape index (κ3) is 9.81. The lowest BCUT2D eigenvalue weighted by Crippen LogP contribution is -2.44. The summed E-state index contributed by atoms with van der Waals surface area (Å²) >= 11 is 0. The Labute approximate surface area is 123 Å². The molecule has 0 unspecified atom stereocenters. The van der Waals surface area contributed by atoms with Gasteiger partial charge in [-0.15, -0.1) is 6.58 Å². The minimum atomic E-state index is -2.99. The average Bonchev–Trinajstić information content (AvgIpc) is 2.29. The normalized spacial score (nSPS) is 13.4. The smallest absolute Gasteiger partial charge is 0.408 e. The van der Waals surface area contributed by atoms with Crippen LogP contribution in [0.5, 0.6) is 0 Å². The molecule has 2 N–H and O–H groups in total. The lowest BCUT2D eigenvalue weighted by Gasteiger charge is -2.23. The Morgan fingerprint density at radius 2 is 1.90 bits per heavy atom. The summed E-state index contributed by atoms with van der Waals surface area (Å²) in [5.74, 6) is -4.36. The van der Waals surface area contributed by atoms with Gasteiger partial charge in [0.2, 0.25) is 5.92 Å². The van der Waals surface area contributed by atoms with E-state index >= 15 is 0 Å². The van der Waals surface area contributed by atoms with Gasteiger partial charge in [0.1, 0.15) is 11.6 Å². The summed E-state index contributed by atoms with van der Waals surface area (Å²) in [6.45, 7) is 8.21. The first kappa shape index (κ1) is 19.3. The number of carboxylic acid groups (broad SMARTS) is 1. The van der Waals surface area contributed by atoms with E-state index in [2.05, 4.69) is 11.9 Å². The molecule has 0 spiro atoms. The fourth-order valence-corrected chi connectivity index (χ4v) is 1.50. The van der Waals surface area contributed by atoms with Crippen LogP contribution in [0.25, 0.3) is 0 Å². The predicted molar refractivity (Wildman–Crippen MR) is 74.4 cm³/mol. The van der Waals surface area contributed by atoms with Crippen molar-refractivity contribution in [1.29, 1.82) is 0 Å². The van der Waals surface area contributed by atoms with Gasteiger partial charge in [-0.25, -0.2) is 18.4 Å². The maximum Gasteiger partial charge on any atom is 0.408 e. The Morgan fingerprint density at radius 1 is 1.33 bits per heavy atom. The van der Waals surface area contributed by atoms with E-state index in [4.69, 9.17) is 9.84 Å². The third-order valence-electron chi connectivity index (χ3n) is 2.50. The van der Waals surface area contributed by atoms with Crippen LogP contribution < -0.4 is 5.32 Å². The molecule has 0 aliphatic rings. The number of hydrogen-bond acceptors (Lipinski definition) is 3. The topological polar surface area (TPSA) is 75.6 Å². The molecule has 0 bridgehead atoms. The van der Waals surface area contributed by atoms with Crippen molar-refractivity contribution >= 4 is 12.1 Å². The molecule has 0 aliphatic carbocycles. The van der Waals surface area contributed by atoms with Gasteiger partial charge in [-0.3, -0.25) is 0 Å². The molecule has 0 aromatic carbocycles. The maximum absolute atomic E-state index is 13.5.